The van der Waals surface area contributed by atoms with Crippen molar-refractivity contribution in [3.63, 3.8) is 0 Å². The van der Waals surface area contributed by atoms with Gasteiger partial charge in [-0.1, -0.05) is 49.7 Å². The fraction of sp³-hybridized carbons (Fsp3) is 0.400. The van der Waals surface area contributed by atoms with Gasteiger partial charge in [-0.25, -0.2) is 0 Å². The highest BCUT2D eigenvalue weighted by Crippen LogP contribution is 2.43. The van der Waals surface area contributed by atoms with E-state index in [1.165, 1.54) is 19.3 Å². The summed E-state index contributed by atoms with van der Waals surface area (Å²) < 4.78 is 11.0. The van der Waals surface area contributed by atoms with Gasteiger partial charge in [0.15, 0.2) is 17.0 Å². The van der Waals surface area contributed by atoms with Crippen LogP contribution in [0.4, 0.5) is 5.69 Å². The van der Waals surface area contributed by atoms with E-state index >= 15 is 0 Å². The Bertz CT molecular complexity index is 1010. The van der Waals surface area contributed by atoms with Crippen LogP contribution in [0, 0.1) is 12.8 Å². The van der Waals surface area contributed by atoms with E-state index in [-0.39, 0.29) is 24.2 Å². The number of nitrogens with one attached hydrogen (secondary N) is 1. The molecule has 5 rings (SSSR count). The molecular weight excluding hydrogens is 408 g/mol. The lowest BCUT2D eigenvalue weighted by Crippen LogP contribution is -2.48. The molecule has 6 heteroatoms. The third-order valence-corrected chi connectivity index (χ3v) is 7.59. The van der Waals surface area contributed by atoms with Crippen molar-refractivity contribution >= 4 is 29.4 Å². The van der Waals surface area contributed by atoms with Gasteiger partial charge in [-0.05, 0) is 67.2 Å². The van der Waals surface area contributed by atoms with Crippen LogP contribution in [0.3, 0.4) is 0 Å². The molecule has 2 heterocycles. The van der Waals surface area contributed by atoms with Crippen LogP contribution in [0.5, 0.6) is 11.5 Å². The Morgan fingerprint density at radius 3 is 2.61 bits per heavy atom. The lowest BCUT2D eigenvalue weighted by Gasteiger charge is -2.39. The molecule has 31 heavy (non-hydrogen) atoms. The minimum absolute atomic E-state index is 0.110. The van der Waals surface area contributed by atoms with Crippen molar-refractivity contribution in [2.45, 2.75) is 51.1 Å². The number of para-hydroxylation sites is 1. The molecule has 2 aromatic carbocycles. The molecule has 0 aromatic heterocycles. The minimum Gasteiger partial charge on any atom is -0.454 e. The second kappa shape index (κ2) is 8.50. The predicted octanol–water partition coefficient (Wildman–Crippen LogP) is 5.61. The Morgan fingerprint density at radius 1 is 1.10 bits per heavy atom. The van der Waals surface area contributed by atoms with Crippen molar-refractivity contribution in [2.24, 2.45) is 5.92 Å². The molecule has 2 aliphatic heterocycles. The van der Waals surface area contributed by atoms with Gasteiger partial charge < -0.3 is 19.7 Å². The van der Waals surface area contributed by atoms with Gasteiger partial charge in [-0.3, -0.25) is 4.79 Å². The molecular formula is C25H28N2O3S. The van der Waals surface area contributed by atoms with Gasteiger partial charge in [-0.2, -0.15) is 0 Å². The van der Waals surface area contributed by atoms with Gasteiger partial charge in [0.1, 0.15) is 0 Å². The first kappa shape index (κ1) is 20.3. The van der Waals surface area contributed by atoms with Crippen molar-refractivity contribution in [1.29, 1.82) is 0 Å². The maximum absolute atomic E-state index is 13.6. The van der Waals surface area contributed by atoms with Crippen molar-refractivity contribution in [3.8, 4) is 11.5 Å². The summed E-state index contributed by atoms with van der Waals surface area (Å²) in [6.07, 6.45) is 6.69. The van der Waals surface area contributed by atoms with Gasteiger partial charge in [0.05, 0.1) is 4.91 Å². The Kier molecular flexibility index (Phi) is 5.57. The first-order valence-electron chi connectivity index (χ1n) is 11.0. The molecule has 0 bridgehead atoms. The lowest BCUT2D eigenvalue weighted by atomic mass is 9.85. The topological polar surface area (TPSA) is 50.8 Å². The molecule has 3 atom stereocenters. The van der Waals surface area contributed by atoms with Gasteiger partial charge in [0, 0.05) is 11.7 Å². The van der Waals surface area contributed by atoms with E-state index < -0.39 is 0 Å². The summed E-state index contributed by atoms with van der Waals surface area (Å²) in [5.74, 6) is 2.13. The number of aryl methyl sites for hydroxylation is 1. The summed E-state index contributed by atoms with van der Waals surface area (Å²) in [5.41, 5.74) is 2.99. The quantitative estimate of drug-likeness (QED) is 0.631. The number of fused-ring (bicyclic) bond motifs is 1. The van der Waals surface area contributed by atoms with Crippen LogP contribution in [0.15, 0.2) is 47.4 Å². The van der Waals surface area contributed by atoms with Crippen LogP contribution in [0.25, 0.3) is 6.08 Å². The smallest absolute Gasteiger partial charge is 0.262 e. The summed E-state index contributed by atoms with van der Waals surface area (Å²) in [6.45, 7) is 4.57. The fourth-order valence-corrected chi connectivity index (χ4v) is 5.93. The number of nitrogens with zero attached hydrogens (tertiary/aromatic N) is 1. The number of carbonyl (C=O) groups is 1. The second-order valence-electron chi connectivity index (χ2n) is 8.59. The van der Waals surface area contributed by atoms with Gasteiger partial charge >= 0.3 is 0 Å². The normalized spacial score (nSPS) is 26.5. The van der Waals surface area contributed by atoms with Crippen molar-refractivity contribution in [3.05, 3.63) is 58.5 Å². The third-order valence-electron chi connectivity index (χ3n) is 6.47. The zero-order valence-electron chi connectivity index (χ0n) is 18.0. The number of thioether (sulfide) groups is 1. The Hall–Kier alpha value is -2.60. The van der Waals surface area contributed by atoms with Crippen LogP contribution in [0.2, 0.25) is 0 Å². The van der Waals surface area contributed by atoms with Crippen molar-refractivity contribution < 1.29 is 14.3 Å². The average molecular weight is 437 g/mol. The lowest BCUT2D eigenvalue weighted by molar-refractivity contribution is -0.129. The third kappa shape index (κ3) is 4.01. The molecule has 1 unspecified atom stereocenters. The van der Waals surface area contributed by atoms with Crippen molar-refractivity contribution in [2.75, 3.05) is 12.1 Å². The zero-order valence-corrected chi connectivity index (χ0v) is 18.8. The largest absolute Gasteiger partial charge is 0.454 e. The molecule has 1 saturated carbocycles. The molecule has 162 valence electrons. The highest BCUT2D eigenvalue weighted by molar-refractivity contribution is 8.05. The van der Waals surface area contributed by atoms with Crippen LogP contribution in [0.1, 0.15) is 43.7 Å². The van der Waals surface area contributed by atoms with E-state index in [4.69, 9.17) is 9.47 Å². The second-order valence-corrected chi connectivity index (χ2v) is 9.71. The molecule has 2 aromatic rings. The molecule has 2 fully saturated rings. The fourth-order valence-electron chi connectivity index (χ4n) is 4.72. The molecule has 1 amide bonds. The summed E-state index contributed by atoms with van der Waals surface area (Å²) in [4.78, 5) is 16.5. The van der Waals surface area contributed by atoms with Crippen LogP contribution < -0.4 is 14.8 Å². The summed E-state index contributed by atoms with van der Waals surface area (Å²) in [7, 11) is 0. The number of benzene rings is 2. The van der Waals surface area contributed by atoms with Gasteiger partial charge in [0.2, 0.25) is 6.79 Å². The molecule has 0 radical (unpaired) electrons. The van der Waals surface area contributed by atoms with E-state index in [9.17, 15) is 4.79 Å². The van der Waals surface area contributed by atoms with E-state index in [1.807, 2.05) is 43.3 Å². The first-order chi connectivity index (χ1) is 15.1. The SMILES string of the molecule is Cc1cc2c(cc1/C=C1\SC(Nc3ccccc3)N([C@@H]3CCCC[C@@H]3C)C1=O)OCO2. The van der Waals surface area contributed by atoms with Crippen molar-refractivity contribution in [1.82, 2.24) is 4.90 Å². The zero-order chi connectivity index (χ0) is 21.4. The predicted molar refractivity (Wildman–Crippen MR) is 125 cm³/mol. The summed E-state index contributed by atoms with van der Waals surface area (Å²) in [6, 6.07) is 14.4. The molecule has 1 aliphatic carbocycles. The van der Waals surface area contributed by atoms with Gasteiger partial charge in [0.25, 0.3) is 5.91 Å². The van der Waals surface area contributed by atoms with Crippen LogP contribution >= 0.6 is 11.8 Å². The molecule has 5 nitrogen and oxygen atoms in total. The number of hydrogen-bond donors (Lipinski definition) is 1. The van der Waals surface area contributed by atoms with E-state index in [2.05, 4.69) is 29.3 Å². The van der Waals surface area contributed by atoms with E-state index in [1.54, 1.807) is 11.8 Å². The minimum atomic E-state index is -0.110. The summed E-state index contributed by atoms with van der Waals surface area (Å²) >= 11 is 1.61. The van der Waals surface area contributed by atoms with E-state index in [0.29, 0.717) is 5.92 Å². The first-order valence-corrected chi connectivity index (χ1v) is 11.9. The summed E-state index contributed by atoms with van der Waals surface area (Å²) in [5, 5.41) is 3.59. The maximum Gasteiger partial charge on any atom is 0.262 e. The number of amides is 1. The van der Waals surface area contributed by atoms with Gasteiger partial charge in [-0.15, -0.1) is 0 Å². The molecule has 0 spiro atoms. The number of ether oxygens (including phenoxy) is 2. The Morgan fingerprint density at radius 2 is 1.84 bits per heavy atom. The Balaban J connectivity index is 1.48. The molecule has 3 aliphatic rings. The molecule has 1 N–H and O–H groups in total. The Labute approximate surface area is 187 Å². The monoisotopic (exact) mass is 436 g/mol. The highest BCUT2D eigenvalue weighted by Gasteiger charge is 2.43. The number of carbonyl (C=O) groups excluding carboxylic acids is 1. The average Bonchev–Trinajstić information content (AvgIpc) is 3.34. The number of anilines is 1. The maximum atomic E-state index is 13.6. The standard InChI is InChI=1S/C25H28N2O3S/c1-16-8-6-7-11-20(16)27-24(28)23(31-25(27)26-19-9-4-3-5-10-19)14-18-13-22-21(12-17(18)2)29-15-30-22/h3-5,9-10,12-14,16,20,25-26H,6-8,11,15H2,1-2H3/b23-14-/t16-,20+,25?/m0/s1. The number of rotatable bonds is 4. The van der Waals surface area contributed by atoms with Crippen LogP contribution in [-0.4, -0.2) is 29.1 Å². The highest BCUT2D eigenvalue weighted by atomic mass is 32.2. The van der Waals surface area contributed by atoms with Crippen LogP contribution in [-0.2, 0) is 4.79 Å². The molecule has 1 saturated heterocycles. The van der Waals surface area contributed by atoms with E-state index in [0.717, 1.165) is 39.6 Å². The number of hydrogen-bond acceptors (Lipinski definition) is 5.